The molecule has 0 amide bonds. The van der Waals surface area contributed by atoms with Gasteiger partial charge in [-0.3, -0.25) is 14.8 Å². The van der Waals surface area contributed by atoms with E-state index in [1.54, 1.807) is 25.4 Å². The number of carbonyl (C=O) groups is 1. The van der Waals surface area contributed by atoms with Crippen LogP contribution >= 0.6 is 0 Å². The average Bonchev–Trinajstić information content (AvgIpc) is 2.41. The molecule has 0 atom stereocenters. The normalized spacial score (nSPS) is 10.5. The highest BCUT2D eigenvalue weighted by Crippen LogP contribution is 2.12. The van der Waals surface area contributed by atoms with Crippen molar-refractivity contribution in [3.8, 4) is 0 Å². The molecular weight excluding hydrogens is 243 g/mol. The summed E-state index contributed by atoms with van der Waals surface area (Å²) in [5.74, 6) is -0.300. The molecule has 1 aromatic heterocycles. The van der Waals surface area contributed by atoms with Crippen LogP contribution in [0.4, 0.5) is 4.39 Å². The molecule has 2 rings (SSSR count). The molecule has 4 heteroatoms. The quantitative estimate of drug-likeness (QED) is 0.792. The number of benzene rings is 1. The van der Waals surface area contributed by atoms with E-state index < -0.39 is 0 Å². The number of Topliss-reactive ketones (excluding diaryl/α,β-unsaturated/α-hetero) is 1. The summed E-state index contributed by atoms with van der Waals surface area (Å²) in [5, 5.41) is 0. The molecule has 0 saturated carbocycles. The second-order valence-corrected chi connectivity index (χ2v) is 4.54. The highest BCUT2D eigenvalue weighted by Gasteiger charge is 2.08. The van der Waals surface area contributed by atoms with Crippen molar-refractivity contribution in [1.82, 2.24) is 9.97 Å². The second kappa shape index (κ2) is 5.69. The van der Waals surface area contributed by atoms with Crippen molar-refractivity contribution in [2.45, 2.75) is 26.7 Å². The molecule has 0 unspecified atom stereocenters. The molecule has 0 aliphatic heterocycles. The van der Waals surface area contributed by atoms with E-state index in [-0.39, 0.29) is 11.6 Å². The molecule has 2 aromatic rings. The lowest BCUT2D eigenvalue weighted by Gasteiger charge is -2.03. The summed E-state index contributed by atoms with van der Waals surface area (Å²) in [6.45, 7) is 3.51. The first-order valence-electron chi connectivity index (χ1n) is 6.13. The Labute approximate surface area is 111 Å². The molecule has 0 saturated heterocycles. The zero-order chi connectivity index (χ0) is 13.8. The van der Waals surface area contributed by atoms with E-state index in [1.807, 2.05) is 6.92 Å². The number of ketones is 1. The Morgan fingerprint density at radius 1 is 1.21 bits per heavy atom. The number of carbonyl (C=O) groups excluding carboxylic acids is 1. The highest BCUT2D eigenvalue weighted by molar-refractivity contribution is 5.96. The smallest absolute Gasteiger partial charge is 0.163 e. The Kier molecular flexibility index (Phi) is 4.00. The third-order valence-corrected chi connectivity index (χ3v) is 2.92. The van der Waals surface area contributed by atoms with Crippen LogP contribution < -0.4 is 0 Å². The largest absolute Gasteiger partial charge is 0.294 e. The van der Waals surface area contributed by atoms with Gasteiger partial charge in [0, 0.05) is 24.4 Å². The number of hydrogen-bond donors (Lipinski definition) is 0. The van der Waals surface area contributed by atoms with Gasteiger partial charge in [-0.2, -0.15) is 0 Å². The van der Waals surface area contributed by atoms with Crippen LogP contribution in [0, 0.1) is 19.7 Å². The van der Waals surface area contributed by atoms with Crippen LogP contribution in [0.2, 0.25) is 0 Å². The summed E-state index contributed by atoms with van der Waals surface area (Å²) in [6, 6.07) is 4.43. The molecule has 0 fully saturated rings. The van der Waals surface area contributed by atoms with Gasteiger partial charge in [-0.15, -0.1) is 0 Å². The topological polar surface area (TPSA) is 42.9 Å². The molecule has 0 N–H and O–H groups in total. The number of hydrogen-bond acceptors (Lipinski definition) is 3. The van der Waals surface area contributed by atoms with Crippen LogP contribution in [0.1, 0.15) is 33.7 Å². The SMILES string of the molecule is Cc1cnc(CCC(=O)c2ccc(F)c(C)c2)cn1. The number of aromatic nitrogens is 2. The van der Waals surface area contributed by atoms with Gasteiger partial charge in [0.15, 0.2) is 5.78 Å². The van der Waals surface area contributed by atoms with Crippen LogP contribution in [-0.4, -0.2) is 15.8 Å². The van der Waals surface area contributed by atoms with E-state index in [9.17, 15) is 9.18 Å². The monoisotopic (exact) mass is 258 g/mol. The van der Waals surface area contributed by atoms with Gasteiger partial charge in [-0.25, -0.2) is 4.39 Å². The van der Waals surface area contributed by atoms with Gasteiger partial charge in [0.05, 0.1) is 11.4 Å². The van der Waals surface area contributed by atoms with Crippen LogP contribution in [0.25, 0.3) is 0 Å². The molecule has 0 aliphatic rings. The summed E-state index contributed by atoms with van der Waals surface area (Å²) in [7, 11) is 0. The summed E-state index contributed by atoms with van der Waals surface area (Å²) in [4.78, 5) is 20.3. The molecule has 0 aliphatic carbocycles. The van der Waals surface area contributed by atoms with Gasteiger partial charge in [0.25, 0.3) is 0 Å². The van der Waals surface area contributed by atoms with Gasteiger partial charge < -0.3 is 0 Å². The maximum Gasteiger partial charge on any atom is 0.163 e. The van der Waals surface area contributed by atoms with Crippen LogP contribution in [-0.2, 0) is 6.42 Å². The fourth-order valence-electron chi connectivity index (χ4n) is 1.75. The lowest BCUT2D eigenvalue weighted by molar-refractivity contribution is 0.0982. The van der Waals surface area contributed by atoms with Crippen molar-refractivity contribution in [1.29, 1.82) is 0 Å². The molecule has 3 nitrogen and oxygen atoms in total. The van der Waals surface area contributed by atoms with E-state index >= 15 is 0 Å². The fraction of sp³-hybridized carbons (Fsp3) is 0.267. The first-order chi connectivity index (χ1) is 9.06. The minimum atomic E-state index is -0.291. The van der Waals surface area contributed by atoms with Gasteiger partial charge in [-0.05, 0) is 44.0 Å². The van der Waals surface area contributed by atoms with Crippen molar-refractivity contribution in [2.75, 3.05) is 0 Å². The Hall–Kier alpha value is -2.10. The van der Waals surface area contributed by atoms with Gasteiger partial charge in [-0.1, -0.05) is 0 Å². The standard InChI is InChI=1S/C15H15FN2O/c1-10-7-12(3-5-14(10)16)15(19)6-4-13-9-17-11(2)8-18-13/h3,5,7-9H,4,6H2,1-2H3. The Morgan fingerprint density at radius 2 is 2.00 bits per heavy atom. The van der Waals surface area contributed by atoms with Gasteiger partial charge in [0.2, 0.25) is 0 Å². The van der Waals surface area contributed by atoms with E-state index in [0.29, 0.717) is 24.0 Å². The Bertz CT molecular complexity index is 594. The molecule has 98 valence electrons. The predicted molar refractivity (Wildman–Crippen MR) is 70.6 cm³/mol. The molecule has 0 bridgehead atoms. The van der Waals surface area contributed by atoms with Crippen LogP contribution in [0.15, 0.2) is 30.6 Å². The van der Waals surface area contributed by atoms with Crippen molar-refractivity contribution < 1.29 is 9.18 Å². The lowest BCUT2D eigenvalue weighted by atomic mass is 10.0. The third-order valence-electron chi connectivity index (χ3n) is 2.92. The zero-order valence-electron chi connectivity index (χ0n) is 11.0. The summed E-state index contributed by atoms with van der Waals surface area (Å²) >= 11 is 0. The van der Waals surface area contributed by atoms with Crippen LogP contribution in [0.3, 0.4) is 0 Å². The molecule has 0 spiro atoms. The predicted octanol–water partition coefficient (Wildman–Crippen LogP) is 3.05. The van der Waals surface area contributed by atoms with Crippen molar-refractivity contribution in [3.05, 3.63) is 58.9 Å². The highest BCUT2D eigenvalue weighted by atomic mass is 19.1. The molecule has 19 heavy (non-hydrogen) atoms. The maximum absolute atomic E-state index is 13.1. The number of nitrogens with zero attached hydrogens (tertiary/aromatic N) is 2. The van der Waals surface area contributed by atoms with E-state index in [1.165, 1.54) is 12.1 Å². The fourth-order valence-corrected chi connectivity index (χ4v) is 1.75. The molecule has 1 aromatic carbocycles. The first kappa shape index (κ1) is 13.3. The van der Waals surface area contributed by atoms with E-state index in [0.717, 1.165) is 11.4 Å². The Morgan fingerprint density at radius 3 is 2.63 bits per heavy atom. The van der Waals surface area contributed by atoms with E-state index in [4.69, 9.17) is 0 Å². The average molecular weight is 258 g/mol. The number of rotatable bonds is 4. The Balaban J connectivity index is 2.01. The minimum absolute atomic E-state index is 0.00882. The van der Waals surface area contributed by atoms with Crippen molar-refractivity contribution in [2.24, 2.45) is 0 Å². The van der Waals surface area contributed by atoms with Crippen LogP contribution in [0.5, 0.6) is 0 Å². The number of aryl methyl sites for hydroxylation is 3. The van der Waals surface area contributed by atoms with Crippen molar-refractivity contribution >= 4 is 5.78 Å². The molecule has 0 radical (unpaired) electrons. The maximum atomic E-state index is 13.1. The van der Waals surface area contributed by atoms with Gasteiger partial charge in [0.1, 0.15) is 5.82 Å². The second-order valence-electron chi connectivity index (χ2n) is 4.54. The van der Waals surface area contributed by atoms with Crippen molar-refractivity contribution in [3.63, 3.8) is 0 Å². The first-order valence-corrected chi connectivity index (χ1v) is 6.13. The zero-order valence-corrected chi connectivity index (χ0v) is 11.0. The van der Waals surface area contributed by atoms with Gasteiger partial charge >= 0.3 is 0 Å². The lowest BCUT2D eigenvalue weighted by Crippen LogP contribution is -2.03. The third kappa shape index (κ3) is 3.44. The molecule has 1 heterocycles. The number of halogens is 1. The van der Waals surface area contributed by atoms with E-state index in [2.05, 4.69) is 9.97 Å². The minimum Gasteiger partial charge on any atom is -0.294 e. The summed E-state index contributed by atoms with van der Waals surface area (Å²) in [6.07, 6.45) is 4.26. The summed E-state index contributed by atoms with van der Waals surface area (Å²) in [5.41, 5.74) is 2.67. The molecular formula is C15H15FN2O. The summed E-state index contributed by atoms with van der Waals surface area (Å²) < 4.78 is 13.1.